The van der Waals surface area contributed by atoms with Crippen molar-refractivity contribution in [1.82, 2.24) is 16.0 Å². The van der Waals surface area contributed by atoms with E-state index in [0.717, 1.165) is 5.56 Å². The van der Waals surface area contributed by atoms with Crippen LogP contribution in [-0.2, 0) is 4.74 Å². The summed E-state index contributed by atoms with van der Waals surface area (Å²) in [5, 5.41) is 8.34. The Hall–Kier alpha value is -2.21. The Labute approximate surface area is 141 Å². The quantitative estimate of drug-likeness (QED) is 0.721. The summed E-state index contributed by atoms with van der Waals surface area (Å²) in [7, 11) is 0. The first-order valence-corrected chi connectivity index (χ1v) is 7.57. The number of amides is 3. The molecule has 0 bridgehead atoms. The number of urea groups is 1. The molecule has 0 aliphatic carbocycles. The van der Waals surface area contributed by atoms with Gasteiger partial charge >= 0.3 is 12.1 Å². The Kier molecular flexibility index (Phi) is 7.41. The molecule has 0 saturated carbocycles. The third-order valence-corrected chi connectivity index (χ3v) is 2.65. The predicted octanol–water partition coefficient (Wildman–Crippen LogP) is 3.13. The summed E-state index contributed by atoms with van der Waals surface area (Å²) in [5.74, 6) is 0. The minimum absolute atomic E-state index is 0.278. The SMILES string of the molecule is CC(C)(C)OC(=O)NCCNC(=O)N/C=C/c1cccc(Cl)c1. The Morgan fingerprint density at radius 1 is 1.22 bits per heavy atom. The first-order chi connectivity index (χ1) is 10.8. The molecule has 23 heavy (non-hydrogen) atoms. The second-order valence-electron chi connectivity index (χ2n) is 5.72. The van der Waals surface area contributed by atoms with Crippen LogP contribution in [0.15, 0.2) is 30.5 Å². The summed E-state index contributed by atoms with van der Waals surface area (Å²) in [6, 6.07) is 6.88. The van der Waals surface area contributed by atoms with E-state index in [4.69, 9.17) is 16.3 Å². The molecule has 0 saturated heterocycles. The number of ether oxygens (including phenoxy) is 1. The molecular weight excluding hydrogens is 318 g/mol. The summed E-state index contributed by atoms with van der Waals surface area (Å²) in [6.07, 6.45) is 2.73. The zero-order valence-electron chi connectivity index (χ0n) is 13.5. The largest absolute Gasteiger partial charge is 0.444 e. The van der Waals surface area contributed by atoms with Gasteiger partial charge in [-0.05, 0) is 44.5 Å². The van der Waals surface area contributed by atoms with Crippen LogP contribution in [0.4, 0.5) is 9.59 Å². The lowest BCUT2D eigenvalue weighted by molar-refractivity contribution is 0.0528. The van der Waals surface area contributed by atoms with E-state index in [9.17, 15) is 9.59 Å². The van der Waals surface area contributed by atoms with E-state index in [1.807, 2.05) is 12.1 Å². The molecule has 0 heterocycles. The van der Waals surface area contributed by atoms with Gasteiger partial charge < -0.3 is 20.7 Å². The van der Waals surface area contributed by atoms with Crippen LogP contribution in [0.5, 0.6) is 0 Å². The molecule has 3 N–H and O–H groups in total. The maximum absolute atomic E-state index is 11.5. The fraction of sp³-hybridized carbons (Fsp3) is 0.375. The van der Waals surface area contributed by atoms with Gasteiger partial charge in [-0.2, -0.15) is 0 Å². The van der Waals surface area contributed by atoms with Gasteiger partial charge in [0, 0.05) is 24.3 Å². The number of hydrogen-bond acceptors (Lipinski definition) is 3. The molecule has 0 radical (unpaired) electrons. The van der Waals surface area contributed by atoms with Gasteiger partial charge in [-0.25, -0.2) is 9.59 Å². The fourth-order valence-electron chi connectivity index (χ4n) is 1.53. The Bertz CT molecular complexity index is 568. The lowest BCUT2D eigenvalue weighted by atomic mass is 10.2. The number of rotatable bonds is 5. The molecule has 0 spiro atoms. The van der Waals surface area contributed by atoms with Crippen LogP contribution in [0.1, 0.15) is 26.3 Å². The standard InChI is InChI=1S/C16H22ClN3O3/c1-16(2,3)23-15(22)20-10-9-19-14(21)18-8-7-12-5-4-6-13(17)11-12/h4-8,11H,9-10H2,1-3H3,(H,20,22)(H2,18,19,21)/b8-7+. The highest BCUT2D eigenvalue weighted by molar-refractivity contribution is 6.30. The van der Waals surface area contributed by atoms with Crippen molar-refractivity contribution in [2.45, 2.75) is 26.4 Å². The maximum atomic E-state index is 11.5. The minimum atomic E-state index is -0.542. The highest BCUT2D eigenvalue weighted by Gasteiger charge is 2.15. The minimum Gasteiger partial charge on any atom is -0.444 e. The molecule has 1 rings (SSSR count). The van der Waals surface area contributed by atoms with Gasteiger partial charge in [-0.3, -0.25) is 0 Å². The topological polar surface area (TPSA) is 79.5 Å². The zero-order valence-corrected chi connectivity index (χ0v) is 14.2. The van der Waals surface area contributed by atoms with E-state index in [2.05, 4.69) is 16.0 Å². The van der Waals surface area contributed by atoms with Crippen molar-refractivity contribution in [2.75, 3.05) is 13.1 Å². The first kappa shape index (κ1) is 18.8. The highest BCUT2D eigenvalue weighted by Crippen LogP contribution is 2.11. The average molecular weight is 340 g/mol. The van der Waals surface area contributed by atoms with Crippen molar-refractivity contribution >= 4 is 29.8 Å². The molecule has 0 aliphatic rings. The van der Waals surface area contributed by atoms with E-state index in [1.165, 1.54) is 6.20 Å². The number of hydrogen-bond donors (Lipinski definition) is 3. The van der Waals surface area contributed by atoms with Crippen molar-refractivity contribution < 1.29 is 14.3 Å². The number of carbonyl (C=O) groups excluding carboxylic acids is 2. The smallest absolute Gasteiger partial charge is 0.407 e. The predicted molar refractivity (Wildman–Crippen MR) is 91.3 cm³/mol. The Morgan fingerprint density at radius 2 is 1.91 bits per heavy atom. The normalized spacial score (nSPS) is 11.1. The van der Waals surface area contributed by atoms with Crippen LogP contribution in [-0.4, -0.2) is 30.8 Å². The van der Waals surface area contributed by atoms with Crippen molar-refractivity contribution in [3.8, 4) is 0 Å². The van der Waals surface area contributed by atoms with E-state index in [0.29, 0.717) is 5.02 Å². The lowest BCUT2D eigenvalue weighted by Crippen LogP contribution is -2.40. The Morgan fingerprint density at radius 3 is 2.57 bits per heavy atom. The van der Waals surface area contributed by atoms with E-state index in [1.54, 1.807) is 39.0 Å². The number of halogens is 1. The van der Waals surface area contributed by atoms with Crippen molar-refractivity contribution in [3.63, 3.8) is 0 Å². The molecule has 3 amide bonds. The molecule has 7 heteroatoms. The van der Waals surface area contributed by atoms with Gasteiger partial charge in [0.15, 0.2) is 0 Å². The summed E-state index contributed by atoms with van der Waals surface area (Å²) in [4.78, 5) is 22.9. The van der Waals surface area contributed by atoms with Gasteiger partial charge in [0.1, 0.15) is 5.60 Å². The molecule has 1 aromatic carbocycles. The van der Waals surface area contributed by atoms with Gasteiger partial charge in [0.2, 0.25) is 0 Å². The van der Waals surface area contributed by atoms with Crippen LogP contribution < -0.4 is 16.0 Å². The number of nitrogens with one attached hydrogen (secondary N) is 3. The molecule has 0 aromatic heterocycles. The van der Waals surface area contributed by atoms with E-state index < -0.39 is 11.7 Å². The number of benzene rings is 1. The highest BCUT2D eigenvalue weighted by atomic mass is 35.5. The fourth-order valence-corrected chi connectivity index (χ4v) is 1.73. The Balaban J connectivity index is 2.19. The molecule has 0 unspecified atom stereocenters. The number of alkyl carbamates (subject to hydrolysis) is 1. The van der Waals surface area contributed by atoms with Gasteiger partial charge in [-0.15, -0.1) is 0 Å². The summed E-state index contributed by atoms with van der Waals surface area (Å²) >= 11 is 5.86. The van der Waals surface area contributed by atoms with Crippen LogP contribution >= 0.6 is 11.6 Å². The molecule has 6 nitrogen and oxygen atoms in total. The van der Waals surface area contributed by atoms with Crippen LogP contribution in [0, 0.1) is 0 Å². The molecule has 0 aliphatic heterocycles. The van der Waals surface area contributed by atoms with Crippen molar-refractivity contribution in [2.24, 2.45) is 0 Å². The molecule has 0 atom stereocenters. The molecule has 126 valence electrons. The van der Waals surface area contributed by atoms with Crippen LogP contribution in [0.25, 0.3) is 6.08 Å². The van der Waals surface area contributed by atoms with Gasteiger partial charge in [-0.1, -0.05) is 23.7 Å². The molecule has 1 aromatic rings. The third kappa shape index (κ3) is 9.42. The van der Waals surface area contributed by atoms with E-state index >= 15 is 0 Å². The summed E-state index contributed by atoms with van der Waals surface area (Å²) in [6.45, 7) is 5.91. The zero-order chi connectivity index (χ0) is 17.3. The lowest BCUT2D eigenvalue weighted by Gasteiger charge is -2.19. The van der Waals surface area contributed by atoms with Crippen LogP contribution in [0.2, 0.25) is 5.02 Å². The molecule has 0 fully saturated rings. The van der Waals surface area contributed by atoms with Gasteiger partial charge in [0.25, 0.3) is 0 Å². The monoisotopic (exact) mass is 339 g/mol. The first-order valence-electron chi connectivity index (χ1n) is 7.19. The van der Waals surface area contributed by atoms with Crippen molar-refractivity contribution in [3.05, 3.63) is 41.1 Å². The van der Waals surface area contributed by atoms with Crippen LogP contribution in [0.3, 0.4) is 0 Å². The maximum Gasteiger partial charge on any atom is 0.407 e. The second kappa shape index (κ2) is 9.05. The van der Waals surface area contributed by atoms with Crippen molar-refractivity contribution in [1.29, 1.82) is 0 Å². The average Bonchev–Trinajstić information content (AvgIpc) is 2.42. The van der Waals surface area contributed by atoms with E-state index in [-0.39, 0.29) is 19.1 Å². The number of carbonyl (C=O) groups is 2. The third-order valence-electron chi connectivity index (χ3n) is 2.42. The molecular formula is C16H22ClN3O3. The second-order valence-corrected chi connectivity index (χ2v) is 6.15. The van der Waals surface area contributed by atoms with Gasteiger partial charge in [0.05, 0.1) is 0 Å². The summed E-state index contributed by atoms with van der Waals surface area (Å²) < 4.78 is 5.07. The summed E-state index contributed by atoms with van der Waals surface area (Å²) in [5.41, 5.74) is 0.337.